The van der Waals surface area contributed by atoms with Crippen LogP contribution in [0.3, 0.4) is 0 Å². The summed E-state index contributed by atoms with van der Waals surface area (Å²) in [5.74, 6) is 0. The maximum Gasteiger partial charge on any atom is -0.00139 e. The summed E-state index contributed by atoms with van der Waals surface area (Å²) in [6.45, 7) is 0. The molecule has 0 aliphatic rings. The van der Waals surface area contributed by atoms with Crippen molar-refractivity contribution in [2.45, 2.75) is 0 Å². The Labute approximate surface area is 318 Å². The average molecular weight is 687 g/mol. The summed E-state index contributed by atoms with van der Waals surface area (Å²) in [7, 11) is 0. The van der Waals surface area contributed by atoms with E-state index in [1.165, 1.54) is 89.0 Å². The molecule has 0 spiro atoms. The van der Waals surface area contributed by atoms with Crippen LogP contribution < -0.4 is 0 Å². The molecule has 54 heavy (non-hydrogen) atoms. The van der Waals surface area contributed by atoms with E-state index in [4.69, 9.17) is 0 Å². The van der Waals surface area contributed by atoms with E-state index < -0.39 is 0 Å². The molecule has 0 unspecified atom stereocenters. The van der Waals surface area contributed by atoms with Gasteiger partial charge in [-0.3, -0.25) is 0 Å². The molecule has 0 aliphatic heterocycles. The van der Waals surface area contributed by atoms with Crippen LogP contribution in [0.1, 0.15) is 0 Å². The zero-order valence-corrected chi connectivity index (χ0v) is 29.9. The van der Waals surface area contributed by atoms with Crippen molar-refractivity contribution in [3.05, 3.63) is 231 Å². The molecule has 0 nitrogen and oxygen atoms in total. The van der Waals surface area contributed by atoms with Gasteiger partial charge in [-0.05, 0) is 89.0 Å². The van der Waals surface area contributed by atoms with Gasteiger partial charge in [0.05, 0.1) is 0 Å². The van der Waals surface area contributed by atoms with Gasteiger partial charge in [0.25, 0.3) is 0 Å². The van der Waals surface area contributed by atoms with E-state index in [0.717, 1.165) is 0 Å². The van der Waals surface area contributed by atoms with Gasteiger partial charge in [0, 0.05) is 0 Å². The molecule has 0 N–H and O–H groups in total. The monoisotopic (exact) mass is 686 g/mol. The SMILES string of the molecule is c1ccc(-c2ccc(-c3c(-c4ccccc4)c(-c4ccccc4)c(-c4ccccc4)c(-c4ccccc4)c3-c3ccc(-c4ccccc4)cc3)cc2)cc1. The molecule has 0 amide bonds. The van der Waals surface area contributed by atoms with Gasteiger partial charge >= 0.3 is 0 Å². The van der Waals surface area contributed by atoms with Crippen LogP contribution in [0.4, 0.5) is 0 Å². The summed E-state index contributed by atoms with van der Waals surface area (Å²) >= 11 is 0. The van der Waals surface area contributed by atoms with E-state index in [1.807, 2.05) is 0 Å². The van der Waals surface area contributed by atoms with Crippen molar-refractivity contribution in [2.75, 3.05) is 0 Å². The lowest BCUT2D eigenvalue weighted by Crippen LogP contribution is -2.02. The Hall–Kier alpha value is -7.02. The van der Waals surface area contributed by atoms with Gasteiger partial charge in [0.2, 0.25) is 0 Å². The summed E-state index contributed by atoms with van der Waals surface area (Å²) in [4.78, 5) is 0. The average Bonchev–Trinajstić information content (AvgIpc) is 3.27. The first-order valence-corrected chi connectivity index (χ1v) is 18.6. The lowest BCUT2D eigenvalue weighted by Gasteiger charge is -2.29. The highest BCUT2D eigenvalue weighted by Gasteiger charge is 2.29. The van der Waals surface area contributed by atoms with Crippen LogP contribution in [0.15, 0.2) is 231 Å². The summed E-state index contributed by atoms with van der Waals surface area (Å²) in [5, 5.41) is 0. The van der Waals surface area contributed by atoms with E-state index in [9.17, 15) is 0 Å². The second-order valence-corrected chi connectivity index (χ2v) is 13.6. The largest absolute Gasteiger partial charge is 0.0622 e. The van der Waals surface area contributed by atoms with Gasteiger partial charge in [-0.15, -0.1) is 0 Å². The van der Waals surface area contributed by atoms with E-state index in [1.54, 1.807) is 0 Å². The predicted molar refractivity (Wildman–Crippen MR) is 230 cm³/mol. The highest BCUT2D eigenvalue weighted by atomic mass is 14.3. The molecule has 0 saturated carbocycles. The Morgan fingerprint density at radius 2 is 0.241 bits per heavy atom. The summed E-state index contributed by atoms with van der Waals surface area (Å²) in [6.07, 6.45) is 0. The quantitative estimate of drug-likeness (QED) is 0.149. The van der Waals surface area contributed by atoms with Crippen LogP contribution >= 0.6 is 0 Å². The second-order valence-electron chi connectivity index (χ2n) is 13.6. The third-order valence-electron chi connectivity index (χ3n) is 10.3. The molecule has 0 heterocycles. The van der Waals surface area contributed by atoms with Crippen LogP contribution in [-0.4, -0.2) is 0 Å². The molecule has 254 valence electrons. The van der Waals surface area contributed by atoms with Crippen molar-refractivity contribution in [3.63, 3.8) is 0 Å². The lowest BCUT2D eigenvalue weighted by atomic mass is 9.74. The first-order valence-electron chi connectivity index (χ1n) is 18.6. The first-order chi connectivity index (χ1) is 26.8. The van der Waals surface area contributed by atoms with E-state index in [-0.39, 0.29) is 0 Å². The zero-order valence-electron chi connectivity index (χ0n) is 29.9. The van der Waals surface area contributed by atoms with E-state index >= 15 is 0 Å². The summed E-state index contributed by atoms with van der Waals surface area (Å²) < 4.78 is 0. The Balaban J connectivity index is 1.47. The summed E-state index contributed by atoms with van der Waals surface area (Å²) in [6, 6.07) is 83.5. The van der Waals surface area contributed by atoms with Gasteiger partial charge in [-0.25, -0.2) is 0 Å². The van der Waals surface area contributed by atoms with Gasteiger partial charge in [0.15, 0.2) is 0 Å². The van der Waals surface area contributed by atoms with Crippen LogP contribution in [0, 0.1) is 0 Å². The molecule has 9 aromatic rings. The fourth-order valence-corrected chi connectivity index (χ4v) is 7.82. The van der Waals surface area contributed by atoms with Gasteiger partial charge < -0.3 is 0 Å². The molecule has 0 bridgehead atoms. The predicted octanol–water partition coefficient (Wildman–Crippen LogP) is 15.0. The molecule has 0 atom stereocenters. The normalized spacial score (nSPS) is 11.0. The maximum atomic E-state index is 2.32. The number of hydrogen-bond acceptors (Lipinski definition) is 0. The highest BCUT2D eigenvalue weighted by Crippen LogP contribution is 2.56. The number of hydrogen-bond donors (Lipinski definition) is 0. The van der Waals surface area contributed by atoms with Crippen LogP contribution in [0.5, 0.6) is 0 Å². The lowest BCUT2D eigenvalue weighted by molar-refractivity contribution is 1.51. The number of rotatable bonds is 8. The van der Waals surface area contributed by atoms with Gasteiger partial charge in [-0.1, -0.05) is 231 Å². The fourth-order valence-electron chi connectivity index (χ4n) is 7.82. The zero-order chi connectivity index (χ0) is 36.1. The molecule has 9 aromatic carbocycles. The molecule has 0 aliphatic carbocycles. The topological polar surface area (TPSA) is 0 Å². The molecule has 0 fully saturated rings. The second kappa shape index (κ2) is 14.9. The number of benzene rings is 9. The smallest absolute Gasteiger partial charge is 0.00139 e. The van der Waals surface area contributed by atoms with Gasteiger partial charge in [-0.2, -0.15) is 0 Å². The molecule has 0 heteroatoms. The molecule has 0 saturated heterocycles. The van der Waals surface area contributed by atoms with E-state index in [0.29, 0.717) is 0 Å². The van der Waals surface area contributed by atoms with Crippen molar-refractivity contribution >= 4 is 0 Å². The Morgan fingerprint density at radius 3 is 0.444 bits per heavy atom. The molecule has 0 radical (unpaired) electrons. The summed E-state index contributed by atoms with van der Waals surface area (Å²) in [5.41, 5.74) is 19.2. The standard InChI is InChI=1S/C54H38/c1-7-19-39(20-8-1)41-31-35-47(36-32-41)53-51(45-27-15-5-16-28-45)49(43-23-11-3-12-24-43)50(44-25-13-4-14-26-44)52(46-29-17-6-18-30-46)54(53)48-37-33-42(34-38-48)40-21-9-2-10-22-40/h1-38H. The van der Waals surface area contributed by atoms with Crippen LogP contribution in [-0.2, 0) is 0 Å². The van der Waals surface area contributed by atoms with Crippen molar-refractivity contribution in [1.82, 2.24) is 0 Å². The Bertz CT molecular complexity index is 2420. The van der Waals surface area contributed by atoms with E-state index in [2.05, 4.69) is 231 Å². The Kier molecular flexibility index (Phi) is 9.07. The molecular formula is C54H38. The Morgan fingerprint density at radius 1 is 0.111 bits per heavy atom. The van der Waals surface area contributed by atoms with Crippen molar-refractivity contribution in [2.24, 2.45) is 0 Å². The molecular weight excluding hydrogens is 649 g/mol. The highest BCUT2D eigenvalue weighted by molar-refractivity contribution is 6.15. The molecule has 9 rings (SSSR count). The fraction of sp³-hybridized carbons (Fsp3) is 0. The van der Waals surface area contributed by atoms with Gasteiger partial charge in [0.1, 0.15) is 0 Å². The maximum absolute atomic E-state index is 2.32. The van der Waals surface area contributed by atoms with Crippen LogP contribution in [0.25, 0.3) is 89.0 Å². The third kappa shape index (κ3) is 6.36. The first kappa shape index (κ1) is 32.9. The van der Waals surface area contributed by atoms with Crippen LogP contribution in [0.2, 0.25) is 0 Å². The minimum absolute atomic E-state index is 1.17. The minimum Gasteiger partial charge on any atom is -0.0622 e. The minimum atomic E-state index is 1.17. The van der Waals surface area contributed by atoms with Crippen molar-refractivity contribution in [1.29, 1.82) is 0 Å². The third-order valence-corrected chi connectivity index (χ3v) is 10.3. The van der Waals surface area contributed by atoms with Crippen molar-refractivity contribution < 1.29 is 0 Å². The van der Waals surface area contributed by atoms with Crippen molar-refractivity contribution in [3.8, 4) is 89.0 Å². The molecule has 0 aromatic heterocycles.